The highest BCUT2D eigenvalue weighted by molar-refractivity contribution is 5.83. The molecule has 0 saturated carbocycles. The number of nitrogens with one attached hydrogen (secondary N) is 1. The van der Waals surface area contributed by atoms with Crippen LogP contribution in [0.5, 0.6) is 0 Å². The number of rotatable bonds is 5. The van der Waals surface area contributed by atoms with E-state index < -0.39 is 29.5 Å². The first kappa shape index (κ1) is 27.1. The first-order chi connectivity index (χ1) is 19.6. The molecule has 3 heterocycles. The number of imidazole rings is 1. The Balaban J connectivity index is 1.70. The van der Waals surface area contributed by atoms with Gasteiger partial charge >= 0.3 is 17.9 Å². The van der Waals surface area contributed by atoms with Crippen LogP contribution in [0.4, 0.5) is 18.0 Å². The van der Waals surface area contributed by atoms with Crippen LogP contribution in [0.3, 0.4) is 0 Å². The minimum Gasteiger partial charge on any atom is -0.331 e. The second-order valence-corrected chi connectivity index (χ2v) is 9.17. The molecule has 5 aromatic rings. The molecular formula is C29H22F3N7O2. The van der Waals surface area contributed by atoms with E-state index in [1.165, 1.54) is 23.0 Å². The fraction of sp³-hybridized carbons (Fsp3) is 0.138. The van der Waals surface area contributed by atoms with Gasteiger partial charge in [-0.25, -0.2) is 18.8 Å². The van der Waals surface area contributed by atoms with Crippen LogP contribution >= 0.6 is 0 Å². The number of nitriles is 1. The van der Waals surface area contributed by atoms with Crippen LogP contribution in [-0.4, -0.2) is 29.9 Å². The molecule has 0 aliphatic carbocycles. The van der Waals surface area contributed by atoms with Crippen LogP contribution < -0.4 is 11.0 Å². The van der Waals surface area contributed by atoms with Crippen molar-refractivity contribution in [2.45, 2.75) is 26.1 Å². The van der Waals surface area contributed by atoms with Crippen molar-refractivity contribution in [3.63, 3.8) is 0 Å². The fourth-order valence-corrected chi connectivity index (χ4v) is 4.57. The standard InChI is InChI=1S/C29H22F3N7O2/c1-18(21-10-13-34-14-11-21)36-27(40)38-26(25-12-15-35-39(25)23-8-6-20(17-33)7-9-23)19(2)37(28(38)41)24-5-3-4-22(16-24)29(30,31)32/h3-16,18H,1-2H3,(H,36,40). The lowest BCUT2D eigenvalue weighted by Gasteiger charge is -2.16. The van der Waals surface area contributed by atoms with Gasteiger partial charge in [-0.3, -0.25) is 9.55 Å². The molecule has 0 aliphatic rings. The Morgan fingerprint density at radius 1 is 1.00 bits per heavy atom. The van der Waals surface area contributed by atoms with Crippen LogP contribution in [-0.2, 0) is 6.18 Å². The topological polar surface area (TPSA) is 111 Å². The van der Waals surface area contributed by atoms with Crippen molar-refractivity contribution in [3.05, 3.63) is 118 Å². The maximum Gasteiger partial charge on any atom is 0.416 e. The number of hydrogen-bond donors (Lipinski definition) is 1. The number of nitrogens with zero attached hydrogens (tertiary/aromatic N) is 6. The van der Waals surface area contributed by atoms with Gasteiger partial charge in [-0.2, -0.15) is 23.5 Å². The molecule has 0 aliphatic heterocycles. The number of carbonyl (C=O) groups excluding carboxylic acids is 1. The molecule has 0 radical (unpaired) electrons. The van der Waals surface area contributed by atoms with Crippen molar-refractivity contribution < 1.29 is 18.0 Å². The lowest BCUT2D eigenvalue weighted by molar-refractivity contribution is -0.137. The van der Waals surface area contributed by atoms with Gasteiger partial charge in [-0.15, -0.1) is 0 Å². The Morgan fingerprint density at radius 2 is 1.71 bits per heavy atom. The summed E-state index contributed by atoms with van der Waals surface area (Å²) in [6, 6.07) is 16.6. The lowest BCUT2D eigenvalue weighted by Crippen LogP contribution is -2.38. The second-order valence-electron chi connectivity index (χ2n) is 9.17. The third-order valence-corrected chi connectivity index (χ3v) is 6.59. The number of halogens is 3. The molecule has 0 fully saturated rings. The van der Waals surface area contributed by atoms with Gasteiger partial charge in [0.2, 0.25) is 0 Å². The van der Waals surface area contributed by atoms with E-state index in [2.05, 4.69) is 15.4 Å². The van der Waals surface area contributed by atoms with E-state index in [-0.39, 0.29) is 17.1 Å². The quantitative estimate of drug-likeness (QED) is 0.311. The summed E-state index contributed by atoms with van der Waals surface area (Å²) in [6.07, 6.45) is -0.0225. The van der Waals surface area contributed by atoms with Crippen LogP contribution in [0.25, 0.3) is 22.8 Å². The van der Waals surface area contributed by atoms with Crippen molar-refractivity contribution >= 4 is 6.03 Å². The van der Waals surface area contributed by atoms with E-state index >= 15 is 0 Å². The Labute approximate surface area is 231 Å². The van der Waals surface area contributed by atoms with E-state index in [4.69, 9.17) is 5.26 Å². The summed E-state index contributed by atoms with van der Waals surface area (Å²) in [5.74, 6) is 0. The van der Waals surface area contributed by atoms with Gasteiger partial charge < -0.3 is 5.32 Å². The molecule has 206 valence electrons. The van der Waals surface area contributed by atoms with E-state index in [0.717, 1.165) is 26.8 Å². The SMILES string of the molecule is Cc1c(-c2ccnn2-c2ccc(C#N)cc2)n(C(=O)NC(C)c2ccncc2)c(=O)n1-c1cccc(C(F)(F)F)c1. The molecule has 5 rings (SSSR count). The molecule has 3 aromatic heterocycles. The molecule has 0 spiro atoms. The molecule has 1 atom stereocenters. The molecule has 1 unspecified atom stereocenters. The number of carbonyl (C=O) groups is 1. The second kappa shape index (κ2) is 10.6. The van der Waals surface area contributed by atoms with Crippen molar-refractivity contribution in [3.8, 4) is 28.8 Å². The number of aromatic nitrogens is 5. The summed E-state index contributed by atoms with van der Waals surface area (Å²) in [5.41, 5.74) is 0.543. The van der Waals surface area contributed by atoms with Crippen molar-refractivity contribution in [1.82, 2.24) is 29.2 Å². The summed E-state index contributed by atoms with van der Waals surface area (Å²) >= 11 is 0. The number of hydrogen-bond acceptors (Lipinski definition) is 5. The first-order valence-corrected chi connectivity index (χ1v) is 12.4. The number of pyridine rings is 1. The molecule has 2 aromatic carbocycles. The van der Waals surface area contributed by atoms with E-state index in [0.29, 0.717) is 16.9 Å². The zero-order chi connectivity index (χ0) is 29.3. The van der Waals surface area contributed by atoms with Gasteiger partial charge in [-0.05, 0) is 80.1 Å². The van der Waals surface area contributed by atoms with Crippen LogP contribution in [0.1, 0.15) is 35.3 Å². The summed E-state index contributed by atoms with van der Waals surface area (Å²) in [5, 5.41) is 16.3. The largest absolute Gasteiger partial charge is 0.416 e. The zero-order valence-electron chi connectivity index (χ0n) is 21.8. The molecule has 9 nitrogen and oxygen atoms in total. The first-order valence-electron chi connectivity index (χ1n) is 12.4. The van der Waals surface area contributed by atoms with E-state index in [1.807, 2.05) is 6.07 Å². The minimum atomic E-state index is -4.63. The minimum absolute atomic E-state index is 0.0539. The van der Waals surface area contributed by atoms with Crippen LogP contribution in [0, 0.1) is 18.3 Å². The average Bonchev–Trinajstić information content (AvgIpc) is 3.54. The summed E-state index contributed by atoms with van der Waals surface area (Å²) in [4.78, 5) is 31.5. The Kier molecular flexibility index (Phi) is 7.03. The maximum absolute atomic E-state index is 13.9. The molecule has 0 saturated heterocycles. The van der Waals surface area contributed by atoms with E-state index in [9.17, 15) is 22.8 Å². The molecule has 1 N–H and O–H groups in total. The van der Waals surface area contributed by atoms with Crippen molar-refractivity contribution in [2.24, 2.45) is 0 Å². The van der Waals surface area contributed by atoms with Crippen LogP contribution in [0.2, 0.25) is 0 Å². The third kappa shape index (κ3) is 5.12. The molecule has 12 heteroatoms. The number of amides is 1. The van der Waals surface area contributed by atoms with Gasteiger partial charge in [0, 0.05) is 12.4 Å². The third-order valence-electron chi connectivity index (χ3n) is 6.59. The molecule has 0 bridgehead atoms. The predicted octanol–water partition coefficient (Wildman–Crippen LogP) is 5.40. The smallest absolute Gasteiger partial charge is 0.331 e. The highest BCUT2D eigenvalue weighted by Crippen LogP contribution is 2.32. The highest BCUT2D eigenvalue weighted by Gasteiger charge is 2.32. The Hall–Kier alpha value is -5.44. The normalized spacial score (nSPS) is 12.1. The zero-order valence-corrected chi connectivity index (χ0v) is 21.8. The summed E-state index contributed by atoms with van der Waals surface area (Å²) in [7, 11) is 0. The molecule has 41 heavy (non-hydrogen) atoms. The summed E-state index contributed by atoms with van der Waals surface area (Å²) in [6.45, 7) is 3.28. The highest BCUT2D eigenvalue weighted by atomic mass is 19.4. The van der Waals surface area contributed by atoms with Gasteiger partial charge in [0.1, 0.15) is 5.69 Å². The van der Waals surface area contributed by atoms with Crippen molar-refractivity contribution in [2.75, 3.05) is 0 Å². The average molecular weight is 558 g/mol. The monoisotopic (exact) mass is 557 g/mol. The van der Waals surface area contributed by atoms with Gasteiger partial charge in [0.05, 0.1) is 52.2 Å². The van der Waals surface area contributed by atoms with Crippen LogP contribution in [0.15, 0.2) is 90.1 Å². The molecular weight excluding hydrogens is 535 g/mol. The van der Waals surface area contributed by atoms with Crippen molar-refractivity contribution in [1.29, 1.82) is 5.26 Å². The van der Waals surface area contributed by atoms with E-state index in [1.54, 1.807) is 68.7 Å². The molecule has 1 amide bonds. The Bertz CT molecular complexity index is 1830. The van der Waals surface area contributed by atoms with Gasteiger partial charge in [0.25, 0.3) is 0 Å². The predicted molar refractivity (Wildman–Crippen MR) is 144 cm³/mol. The maximum atomic E-state index is 13.9. The fourth-order valence-electron chi connectivity index (χ4n) is 4.57. The summed E-state index contributed by atoms with van der Waals surface area (Å²) < 4.78 is 44.0. The lowest BCUT2D eigenvalue weighted by atomic mass is 10.1. The Morgan fingerprint density at radius 3 is 2.37 bits per heavy atom. The number of benzene rings is 2. The number of alkyl halides is 3. The van der Waals surface area contributed by atoms with Gasteiger partial charge in [-0.1, -0.05) is 6.07 Å². The van der Waals surface area contributed by atoms with Gasteiger partial charge in [0.15, 0.2) is 0 Å².